The van der Waals surface area contributed by atoms with Crippen LogP contribution >= 0.6 is 0 Å². The van der Waals surface area contributed by atoms with Crippen LogP contribution in [0.3, 0.4) is 0 Å². The van der Waals surface area contributed by atoms with Crippen molar-refractivity contribution in [1.82, 2.24) is 4.98 Å². The molecule has 0 fully saturated rings. The molecule has 1 aliphatic rings. The maximum absolute atomic E-state index is 13.0. The van der Waals surface area contributed by atoms with Crippen LogP contribution in [0.25, 0.3) is 0 Å². The molecule has 3 rings (SSSR count). The quantitative estimate of drug-likeness (QED) is 0.905. The van der Waals surface area contributed by atoms with Gasteiger partial charge in [-0.1, -0.05) is 18.2 Å². The highest BCUT2D eigenvalue weighted by Gasteiger charge is 2.29. The van der Waals surface area contributed by atoms with Gasteiger partial charge in [-0.2, -0.15) is 0 Å². The predicted octanol–water partition coefficient (Wildman–Crippen LogP) is 2.77. The summed E-state index contributed by atoms with van der Waals surface area (Å²) in [7, 11) is 1.54. The van der Waals surface area contributed by atoms with Crippen LogP contribution in [0.5, 0.6) is 5.75 Å². The van der Waals surface area contributed by atoms with E-state index in [1.165, 1.54) is 0 Å². The van der Waals surface area contributed by atoms with Gasteiger partial charge in [-0.05, 0) is 36.5 Å². The van der Waals surface area contributed by atoms with Crippen LogP contribution in [-0.2, 0) is 11.2 Å². The normalized spacial score (nSPS) is 16.2. The van der Waals surface area contributed by atoms with Crippen molar-refractivity contribution < 1.29 is 19.4 Å². The summed E-state index contributed by atoms with van der Waals surface area (Å²) >= 11 is 0. The molecular weight excluding hydrogens is 320 g/mol. The summed E-state index contributed by atoms with van der Waals surface area (Å²) in [4.78, 5) is 29.8. The Balaban J connectivity index is 1.89. The first-order chi connectivity index (χ1) is 12.1. The number of carboxylic acids is 1. The number of fused-ring (bicyclic) bond motifs is 1. The maximum atomic E-state index is 13.0. The molecule has 6 heteroatoms. The highest BCUT2D eigenvalue weighted by Crippen LogP contribution is 2.32. The van der Waals surface area contributed by atoms with Crippen molar-refractivity contribution in [2.45, 2.75) is 19.3 Å². The molecule has 0 bridgehead atoms. The topological polar surface area (TPSA) is 79.7 Å². The molecule has 0 radical (unpaired) electrons. The number of pyridine rings is 1. The molecule has 1 aliphatic heterocycles. The van der Waals surface area contributed by atoms with E-state index in [2.05, 4.69) is 4.98 Å². The second kappa shape index (κ2) is 7.34. The number of nitrogens with zero attached hydrogens (tertiary/aromatic N) is 2. The van der Waals surface area contributed by atoms with E-state index in [9.17, 15) is 9.59 Å². The highest BCUT2D eigenvalue weighted by atomic mass is 16.5. The number of carbonyl (C=O) groups is 2. The van der Waals surface area contributed by atoms with Crippen LogP contribution in [-0.4, -0.2) is 35.6 Å². The molecule has 0 saturated carbocycles. The monoisotopic (exact) mass is 340 g/mol. The third-order valence-electron chi connectivity index (χ3n) is 4.43. The SMILES string of the molecule is COc1ccnc(C(=O)N2CC(CCC(=O)O)Cc3ccccc32)c1. The van der Waals surface area contributed by atoms with E-state index in [1.54, 1.807) is 30.3 Å². The molecular formula is C19H20N2O4. The Morgan fingerprint density at radius 2 is 2.12 bits per heavy atom. The fraction of sp³-hybridized carbons (Fsp3) is 0.316. The van der Waals surface area contributed by atoms with Crippen LogP contribution in [0.2, 0.25) is 0 Å². The molecule has 2 heterocycles. The van der Waals surface area contributed by atoms with E-state index in [1.807, 2.05) is 24.3 Å². The Hall–Kier alpha value is -2.89. The lowest BCUT2D eigenvalue weighted by Crippen LogP contribution is -2.40. The standard InChI is InChI=1S/C19H20N2O4/c1-25-15-8-9-20-16(11-15)19(24)21-12-13(6-7-18(22)23)10-14-4-2-3-5-17(14)21/h2-5,8-9,11,13H,6-7,10,12H2,1H3,(H,22,23). The molecule has 130 valence electrons. The summed E-state index contributed by atoms with van der Waals surface area (Å²) in [6, 6.07) is 11.0. The second-order valence-corrected chi connectivity index (χ2v) is 6.13. The van der Waals surface area contributed by atoms with Crippen LogP contribution in [0.15, 0.2) is 42.6 Å². The molecule has 2 aromatic rings. The number of para-hydroxylation sites is 1. The smallest absolute Gasteiger partial charge is 0.303 e. The van der Waals surface area contributed by atoms with Gasteiger partial charge in [0.2, 0.25) is 0 Å². The van der Waals surface area contributed by atoms with Crippen molar-refractivity contribution >= 4 is 17.6 Å². The summed E-state index contributed by atoms with van der Waals surface area (Å²) in [6.45, 7) is 0.488. The molecule has 1 aromatic carbocycles. The molecule has 1 atom stereocenters. The van der Waals surface area contributed by atoms with Gasteiger partial charge in [0.1, 0.15) is 11.4 Å². The number of benzene rings is 1. The Morgan fingerprint density at radius 3 is 2.88 bits per heavy atom. The van der Waals surface area contributed by atoms with Gasteiger partial charge in [-0.3, -0.25) is 14.6 Å². The Bertz CT molecular complexity index is 790. The van der Waals surface area contributed by atoms with Gasteiger partial charge in [0.05, 0.1) is 7.11 Å². The van der Waals surface area contributed by atoms with Crippen molar-refractivity contribution in [3.05, 3.63) is 53.9 Å². The van der Waals surface area contributed by atoms with Gasteiger partial charge >= 0.3 is 5.97 Å². The van der Waals surface area contributed by atoms with Gasteiger partial charge in [0.15, 0.2) is 0 Å². The number of hydrogen-bond donors (Lipinski definition) is 1. The fourth-order valence-electron chi connectivity index (χ4n) is 3.19. The molecule has 0 aliphatic carbocycles. The largest absolute Gasteiger partial charge is 0.497 e. The van der Waals surface area contributed by atoms with Gasteiger partial charge < -0.3 is 14.7 Å². The Kier molecular flexibility index (Phi) is 4.97. The minimum absolute atomic E-state index is 0.103. The third-order valence-corrected chi connectivity index (χ3v) is 4.43. The van der Waals surface area contributed by atoms with Gasteiger partial charge in [-0.25, -0.2) is 0 Å². The van der Waals surface area contributed by atoms with Crippen molar-refractivity contribution in [2.24, 2.45) is 5.92 Å². The number of carbonyl (C=O) groups excluding carboxylic acids is 1. The first-order valence-electron chi connectivity index (χ1n) is 8.20. The lowest BCUT2D eigenvalue weighted by atomic mass is 9.89. The number of rotatable bonds is 5. The fourth-order valence-corrected chi connectivity index (χ4v) is 3.19. The van der Waals surface area contributed by atoms with Crippen molar-refractivity contribution in [3.8, 4) is 5.75 Å². The van der Waals surface area contributed by atoms with Crippen LogP contribution < -0.4 is 9.64 Å². The Morgan fingerprint density at radius 1 is 1.32 bits per heavy atom. The average Bonchev–Trinajstić information content (AvgIpc) is 2.65. The van der Waals surface area contributed by atoms with E-state index >= 15 is 0 Å². The van der Waals surface area contributed by atoms with Crippen LogP contribution in [0, 0.1) is 5.92 Å². The second-order valence-electron chi connectivity index (χ2n) is 6.13. The average molecular weight is 340 g/mol. The summed E-state index contributed by atoms with van der Waals surface area (Å²) in [5.41, 5.74) is 2.23. The molecule has 1 N–H and O–H groups in total. The Labute approximate surface area is 146 Å². The van der Waals surface area contributed by atoms with E-state index in [0.29, 0.717) is 24.4 Å². The zero-order valence-electron chi connectivity index (χ0n) is 14.0. The van der Waals surface area contributed by atoms with E-state index in [0.717, 1.165) is 17.7 Å². The van der Waals surface area contributed by atoms with Gasteiger partial charge in [0, 0.05) is 30.9 Å². The molecule has 1 aromatic heterocycles. The number of amides is 1. The summed E-state index contributed by atoms with van der Waals surface area (Å²) < 4.78 is 5.17. The predicted molar refractivity (Wildman–Crippen MR) is 93.0 cm³/mol. The van der Waals surface area contributed by atoms with Crippen molar-refractivity contribution in [2.75, 3.05) is 18.6 Å². The minimum Gasteiger partial charge on any atom is -0.497 e. The zero-order valence-corrected chi connectivity index (χ0v) is 14.0. The molecule has 6 nitrogen and oxygen atoms in total. The number of ether oxygens (including phenoxy) is 1. The van der Waals surface area contributed by atoms with E-state index in [4.69, 9.17) is 9.84 Å². The molecule has 1 amide bonds. The molecule has 0 saturated heterocycles. The summed E-state index contributed by atoms with van der Waals surface area (Å²) in [5, 5.41) is 8.95. The number of aromatic nitrogens is 1. The number of carboxylic acid groups (broad SMARTS) is 1. The number of anilines is 1. The zero-order chi connectivity index (χ0) is 17.8. The lowest BCUT2D eigenvalue weighted by Gasteiger charge is -2.34. The molecule has 25 heavy (non-hydrogen) atoms. The number of aliphatic carboxylic acids is 1. The number of hydrogen-bond acceptors (Lipinski definition) is 4. The summed E-state index contributed by atoms with van der Waals surface area (Å²) in [5.74, 6) is -0.329. The van der Waals surface area contributed by atoms with Crippen molar-refractivity contribution in [3.63, 3.8) is 0 Å². The number of methoxy groups -OCH3 is 1. The molecule has 0 spiro atoms. The van der Waals surface area contributed by atoms with Crippen LogP contribution in [0.1, 0.15) is 28.9 Å². The van der Waals surface area contributed by atoms with Crippen LogP contribution in [0.4, 0.5) is 5.69 Å². The minimum atomic E-state index is -0.814. The van der Waals surface area contributed by atoms with Gasteiger partial charge in [0.25, 0.3) is 5.91 Å². The third kappa shape index (κ3) is 3.79. The lowest BCUT2D eigenvalue weighted by molar-refractivity contribution is -0.137. The van der Waals surface area contributed by atoms with E-state index < -0.39 is 5.97 Å². The first kappa shape index (κ1) is 17.0. The summed E-state index contributed by atoms with van der Waals surface area (Å²) in [6.07, 6.45) is 2.97. The maximum Gasteiger partial charge on any atom is 0.303 e. The van der Waals surface area contributed by atoms with Crippen molar-refractivity contribution in [1.29, 1.82) is 0 Å². The first-order valence-corrected chi connectivity index (χ1v) is 8.20. The van der Waals surface area contributed by atoms with E-state index in [-0.39, 0.29) is 18.2 Å². The molecule has 1 unspecified atom stereocenters. The highest BCUT2D eigenvalue weighted by molar-refractivity contribution is 6.05. The van der Waals surface area contributed by atoms with Gasteiger partial charge in [-0.15, -0.1) is 0 Å².